The molecule has 1 aliphatic rings. The number of imidazole rings is 1. The zero-order chi connectivity index (χ0) is 25.4. The molecule has 1 fully saturated rings. The lowest BCUT2D eigenvalue weighted by molar-refractivity contribution is -0.911. The van der Waals surface area contributed by atoms with Crippen LogP contribution in [0.4, 0.5) is 0 Å². The Kier molecular flexibility index (Phi) is 7.03. The fraction of sp³-hybridized carbons (Fsp3) is 0.542. The van der Waals surface area contributed by atoms with Crippen molar-refractivity contribution in [2.24, 2.45) is 0 Å². The number of piperazine rings is 1. The summed E-state index contributed by atoms with van der Waals surface area (Å²) < 4.78 is 36.8. The Bertz CT molecular complexity index is 1390. The number of hydrogen-bond acceptors (Lipinski definition) is 6. The monoisotopic (exact) mass is 503 g/mol. The number of aromatic amines is 1. The Hall–Kier alpha value is -2.76. The van der Waals surface area contributed by atoms with Gasteiger partial charge in [0.15, 0.2) is 11.3 Å². The van der Waals surface area contributed by atoms with Crippen LogP contribution in [0.15, 0.2) is 27.9 Å². The van der Waals surface area contributed by atoms with E-state index in [4.69, 9.17) is 4.74 Å². The number of nitrogens with zero attached hydrogens (tertiary/aromatic N) is 5. The number of H-pyrrole nitrogens is 1. The Morgan fingerprint density at radius 1 is 1.17 bits per heavy atom. The number of rotatable bonds is 8. The Balaban J connectivity index is 1.80. The minimum Gasteiger partial charge on any atom is -0.493 e. The van der Waals surface area contributed by atoms with Crippen molar-refractivity contribution in [2.75, 3.05) is 46.4 Å². The average molecular weight is 504 g/mol. The average Bonchev–Trinajstić information content (AvgIpc) is 3.15. The standard InChI is InChI=1S/C24H34N6O4S/c1-6-9-21-25-17(4)22-24(31)26-23(27-29(21)22)19-16-18(10-11-20(19)34-8-3)35(32,33)28-12-14-30(5,7-2)15-13-28/h10-11,16H,6-9,12-15H2,1-5H3/p+1. The van der Waals surface area contributed by atoms with Gasteiger partial charge in [0.2, 0.25) is 10.0 Å². The molecular formula is C24H35N6O4S+. The third-order valence-corrected chi connectivity index (χ3v) is 8.80. The summed E-state index contributed by atoms with van der Waals surface area (Å²) in [5, 5.41) is 4.66. The van der Waals surface area contributed by atoms with Gasteiger partial charge in [0.25, 0.3) is 5.56 Å². The lowest BCUT2D eigenvalue weighted by atomic mass is 10.2. The number of quaternary nitrogens is 1. The summed E-state index contributed by atoms with van der Waals surface area (Å²) in [5.74, 6) is 1.39. The second-order valence-electron chi connectivity index (χ2n) is 9.30. The number of hydrogen-bond donors (Lipinski definition) is 1. The number of aryl methyl sites for hydroxylation is 2. The maximum absolute atomic E-state index is 13.5. The highest BCUT2D eigenvalue weighted by Gasteiger charge is 2.34. The first-order chi connectivity index (χ1) is 16.6. The highest BCUT2D eigenvalue weighted by molar-refractivity contribution is 7.89. The topological polar surface area (TPSA) is 110 Å². The van der Waals surface area contributed by atoms with Gasteiger partial charge in [-0.05, 0) is 45.4 Å². The van der Waals surface area contributed by atoms with Gasteiger partial charge in [0, 0.05) is 6.42 Å². The molecule has 1 N–H and O–H groups in total. The zero-order valence-corrected chi connectivity index (χ0v) is 22.0. The highest BCUT2D eigenvalue weighted by Crippen LogP contribution is 2.32. The summed E-state index contributed by atoms with van der Waals surface area (Å²) in [4.78, 5) is 20.5. The smallest absolute Gasteiger partial charge is 0.277 e. The predicted molar refractivity (Wildman–Crippen MR) is 134 cm³/mol. The molecule has 10 nitrogen and oxygen atoms in total. The summed E-state index contributed by atoms with van der Waals surface area (Å²) >= 11 is 0. The van der Waals surface area contributed by atoms with Crippen LogP contribution in [0.2, 0.25) is 0 Å². The predicted octanol–water partition coefficient (Wildman–Crippen LogP) is 2.22. The molecule has 4 rings (SSSR count). The Morgan fingerprint density at radius 3 is 2.51 bits per heavy atom. The molecule has 2 aromatic heterocycles. The molecule has 0 atom stereocenters. The van der Waals surface area contributed by atoms with Crippen LogP contribution in [0.3, 0.4) is 0 Å². The van der Waals surface area contributed by atoms with Crippen LogP contribution in [0.5, 0.6) is 5.75 Å². The second-order valence-corrected chi connectivity index (χ2v) is 11.2. The van der Waals surface area contributed by atoms with E-state index < -0.39 is 10.0 Å². The van der Waals surface area contributed by atoms with Crippen molar-refractivity contribution < 1.29 is 17.6 Å². The second kappa shape index (κ2) is 9.71. The van der Waals surface area contributed by atoms with E-state index in [0.29, 0.717) is 54.5 Å². The number of aromatic nitrogens is 4. The number of likely N-dealkylation sites (N-methyl/N-ethyl adjacent to an activating group) is 1. The maximum atomic E-state index is 13.5. The Labute approximate surface area is 206 Å². The van der Waals surface area contributed by atoms with Crippen molar-refractivity contribution in [3.05, 3.63) is 40.1 Å². The zero-order valence-electron chi connectivity index (χ0n) is 21.2. The van der Waals surface area contributed by atoms with Gasteiger partial charge in [-0.3, -0.25) is 4.79 Å². The first kappa shape index (κ1) is 25.3. The molecule has 1 aromatic carbocycles. The van der Waals surface area contributed by atoms with Crippen molar-refractivity contribution >= 4 is 15.5 Å². The lowest BCUT2D eigenvalue weighted by Crippen LogP contribution is -2.58. The molecule has 1 saturated heterocycles. The minimum atomic E-state index is -3.72. The van der Waals surface area contributed by atoms with Crippen molar-refractivity contribution in [1.29, 1.82) is 0 Å². The summed E-state index contributed by atoms with van der Waals surface area (Å²) in [6.45, 7) is 11.6. The first-order valence-corrected chi connectivity index (χ1v) is 13.7. The fourth-order valence-electron chi connectivity index (χ4n) is 4.51. The molecule has 0 unspecified atom stereocenters. The van der Waals surface area contributed by atoms with Gasteiger partial charge in [-0.2, -0.15) is 4.31 Å². The highest BCUT2D eigenvalue weighted by atomic mass is 32.2. The van der Waals surface area contributed by atoms with Crippen LogP contribution in [0.1, 0.15) is 38.7 Å². The molecular weight excluding hydrogens is 468 g/mol. The maximum Gasteiger partial charge on any atom is 0.277 e. The molecule has 0 aliphatic carbocycles. The van der Waals surface area contributed by atoms with E-state index in [9.17, 15) is 13.2 Å². The van der Waals surface area contributed by atoms with Crippen molar-refractivity contribution in [3.8, 4) is 17.1 Å². The van der Waals surface area contributed by atoms with Crippen LogP contribution < -0.4 is 10.3 Å². The number of nitrogens with one attached hydrogen (secondary N) is 1. The van der Waals surface area contributed by atoms with Crippen LogP contribution in [0, 0.1) is 6.92 Å². The summed E-state index contributed by atoms with van der Waals surface area (Å²) in [5.41, 5.74) is 1.10. The van der Waals surface area contributed by atoms with Crippen LogP contribution in [-0.4, -0.2) is 83.2 Å². The lowest BCUT2D eigenvalue weighted by Gasteiger charge is -2.40. The molecule has 35 heavy (non-hydrogen) atoms. The van der Waals surface area contributed by atoms with Crippen LogP contribution in [0.25, 0.3) is 16.9 Å². The third kappa shape index (κ3) is 4.72. The van der Waals surface area contributed by atoms with E-state index in [-0.39, 0.29) is 16.3 Å². The molecule has 0 bridgehead atoms. The summed E-state index contributed by atoms with van der Waals surface area (Å²) in [6.07, 6.45) is 1.52. The third-order valence-electron chi connectivity index (χ3n) is 6.90. The fourth-order valence-corrected chi connectivity index (χ4v) is 5.96. The number of ether oxygens (including phenoxy) is 1. The van der Waals surface area contributed by atoms with Gasteiger partial charge in [0.05, 0.1) is 62.5 Å². The minimum absolute atomic E-state index is 0.155. The molecule has 0 saturated carbocycles. The molecule has 0 spiro atoms. The van der Waals surface area contributed by atoms with Gasteiger partial charge in [-0.1, -0.05) is 6.92 Å². The van der Waals surface area contributed by atoms with E-state index in [2.05, 4.69) is 29.0 Å². The summed E-state index contributed by atoms with van der Waals surface area (Å²) in [7, 11) is -1.56. The van der Waals surface area contributed by atoms with E-state index in [1.807, 2.05) is 13.8 Å². The SMILES string of the molecule is CCCc1nc(C)c2c(=O)[nH]c(-c3cc(S(=O)(=O)N4CC[N+](C)(CC)CC4)ccc3OCC)nn12. The molecule has 190 valence electrons. The van der Waals surface area contributed by atoms with Crippen molar-refractivity contribution in [1.82, 2.24) is 23.9 Å². The van der Waals surface area contributed by atoms with E-state index in [1.165, 1.54) is 0 Å². The number of sulfonamides is 1. The van der Waals surface area contributed by atoms with E-state index in [1.54, 1.807) is 33.9 Å². The van der Waals surface area contributed by atoms with Gasteiger partial charge in [0.1, 0.15) is 11.6 Å². The largest absolute Gasteiger partial charge is 0.493 e. The van der Waals surface area contributed by atoms with Crippen molar-refractivity contribution in [3.63, 3.8) is 0 Å². The van der Waals surface area contributed by atoms with E-state index in [0.717, 1.165) is 30.5 Å². The van der Waals surface area contributed by atoms with Gasteiger partial charge in [-0.25, -0.2) is 17.9 Å². The molecule has 3 aromatic rings. The van der Waals surface area contributed by atoms with Crippen LogP contribution in [-0.2, 0) is 16.4 Å². The number of fused-ring (bicyclic) bond motifs is 1. The number of benzene rings is 1. The Morgan fingerprint density at radius 2 is 1.89 bits per heavy atom. The molecule has 0 amide bonds. The molecule has 3 heterocycles. The van der Waals surface area contributed by atoms with Gasteiger partial charge in [-0.15, -0.1) is 5.10 Å². The van der Waals surface area contributed by atoms with Gasteiger partial charge < -0.3 is 14.2 Å². The molecule has 11 heteroatoms. The van der Waals surface area contributed by atoms with Crippen LogP contribution >= 0.6 is 0 Å². The normalized spacial score (nSPS) is 16.6. The van der Waals surface area contributed by atoms with Crippen molar-refractivity contribution in [2.45, 2.75) is 45.4 Å². The van der Waals surface area contributed by atoms with E-state index >= 15 is 0 Å². The first-order valence-electron chi connectivity index (χ1n) is 12.2. The summed E-state index contributed by atoms with van der Waals surface area (Å²) in [6, 6.07) is 4.75. The molecule has 1 aliphatic heterocycles. The quantitative estimate of drug-likeness (QED) is 0.472. The molecule has 0 radical (unpaired) electrons. The van der Waals surface area contributed by atoms with Gasteiger partial charge >= 0.3 is 0 Å².